The van der Waals surface area contributed by atoms with E-state index in [4.69, 9.17) is 4.74 Å². The molecule has 1 aliphatic heterocycles. The van der Waals surface area contributed by atoms with Crippen molar-refractivity contribution in [1.82, 2.24) is 9.65 Å². The molecule has 0 aromatic carbocycles. The number of nitrogens with zero attached hydrogens (tertiary/aromatic N) is 2. The Kier molecular flexibility index (Phi) is 4.62. The second-order valence-corrected chi connectivity index (χ2v) is 7.51. The summed E-state index contributed by atoms with van der Waals surface area (Å²) >= 11 is 0. The molecule has 0 atom stereocenters. The maximum absolute atomic E-state index is 12.7. The van der Waals surface area contributed by atoms with Crippen LogP contribution in [-0.2, 0) is 4.74 Å². The summed E-state index contributed by atoms with van der Waals surface area (Å²) in [6, 6.07) is 4.07. The minimum absolute atomic E-state index is 0.177. The summed E-state index contributed by atoms with van der Waals surface area (Å²) in [5.41, 5.74) is 3.20. The Bertz CT molecular complexity index is 766. The van der Waals surface area contributed by atoms with E-state index in [1.165, 1.54) is 12.8 Å². The van der Waals surface area contributed by atoms with Crippen molar-refractivity contribution in [3.8, 4) is 0 Å². The van der Waals surface area contributed by atoms with Crippen LogP contribution in [0.3, 0.4) is 0 Å². The van der Waals surface area contributed by atoms with E-state index in [1.807, 2.05) is 18.3 Å². The molecule has 2 aliphatic carbocycles. The largest absolute Gasteiger partial charge is 0.488 e. The molecule has 4 rings (SSSR count). The lowest BCUT2D eigenvalue weighted by molar-refractivity contribution is -0.184. The Balaban J connectivity index is 1.29. The number of ether oxygens (including phenoxy) is 1. The highest BCUT2D eigenvalue weighted by atomic mass is 19.4. The SMILES string of the molecule is FC(F)(F)[C@H]1CC[C@H](COC2=[N+]=CC(c3ccnc(C4CC4)c3)=C2)CC1. The van der Waals surface area contributed by atoms with Crippen LogP contribution in [-0.4, -0.2) is 29.9 Å². The summed E-state index contributed by atoms with van der Waals surface area (Å²) in [5.74, 6) is 0.175. The summed E-state index contributed by atoms with van der Waals surface area (Å²) < 4.78 is 48.2. The first-order chi connectivity index (χ1) is 12.5. The van der Waals surface area contributed by atoms with Gasteiger partial charge in [-0.1, -0.05) is 0 Å². The number of rotatable bonds is 4. The van der Waals surface area contributed by atoms with Gasteiger partial charge in [-0.25, -0.2) is 0 Å². The summed E-state index contributed by atoms with van der Waals surface area (Å²) in [6.45, 7) is 0.435. The molecule has 0 bridgehead atoms. The molecule has 3 nitrogen and oxygen atoms in total. The smallest absolute Gasteiger partial charge is 0.432 e. The molecule has 0 amide bonds. The third-order valence-corrected chi connectivity index (χ3v) is 5.50. The third-order valence-electron chi connectivity index (χ3n) is 5.50. The first-order valence-corrected chi connectivity index (χ1v) is 9.27. The quantitative estimate of drug-likeness (QED) is 0.749. The molecule has 138 valence electrons. The standard InChI is InChI=1S/C20H22F3N2O/c21-20(22,23)17-5-1-13(2-6-17)12-26-19-10-16(11-25-19)15-7-8-24-18(9-15)14-3-4-14/h7-11,13-14,17H,1-6,12H2/q+1/t13-,17-. The van der Waals surface area contributed by atoms with E-state index in [1.54, 1.807) is 6.21 Å². The molecular weight excluding hydrogens is 341 g/mol. The van der Waals surface area contributed by atoms with Gasteiger partial charge in [-0.2, -0.15) is 13.2 Å². The van der Waals surface area contributed by atoms with Crippen molar-refractivity contribution in [2.75, 3.05) is 6.61 Å². The molecule has 0 N–H and O–H groups in total. The van der Waals surface area contributed by atoms with Crippen LogP contribution in [0.1, 0.15) is 55.7 Å². The summed E-state index contributed by atoms with van der Waals surface area (Å²) in [5, 5.41) is 0. The molecule has 0 spiro atoms. The van der Waals surface area contributed by atoms with E-state index < -0.39 is 12.1 Å². The second-order valence-electron chi connectivity index (χ2n) is 7.51. The normalized spacial score (nSPS) is 25.8. The van der Waals surface area contributed by atoms with Gasteiger partial charge < -0.3 is 4.74 Å². The van der Waals surface area contributed by atoms with Gasteiger partial charge in [0, 0.05) is 17.8 Å². The Morgan fingerprint density at radius 1 is 1.12 bits per heavy atom. The zero-order valence-electron chi connectivity index (χ0n) is 14.5. The van der Waals surface area contributed by atoms with Crippen molar-refractivity contribution < 1.29 is 17.9 Å². The molecule has 1 aromatic rings. The van der Waals surface area contributed by atoms with Crippen molar-refractivity contribution >= 4 is 17.7 Å². The number of hydrogen-bond donors (Lipinski definition) is 0. The number of pyridine rings is 1. The number of hydrogen-bond acceptors (Lipinski definition) is 2. The Morgan fingerprint density at radius 2 is 1.88 bits per heavy atom. The van der Waals surface area contributed by atoms with Crippen molar-refractivity contribution in [3.05, 3.63) is 35.7 Å². The zero-order chi connectivity index (χ0) is 18.1. The van der Waals surface area contributed by atoms with Crippen molar-refractivity contribution in [2.45, 2.75) is 50.6 Å². The highest BCUT2D eigenvalue weighted by Gasteiger charge is 2.41. The summed E-state index contributed by atoms with van der Waals surface area (Å²) in [7, 11) is 0. The van der Waals surface area contributed by atoms with Crippen LogP contribution < -0.4 is 4.67 Å². The lowest BCUT2D eigenvalue weighted by Crippen LogP contribution is -2.29. The summed E-state index contributed by atoms with van der Waals surface area (Å²) in [6.07, 6.45) is 5.40. The highest BCUT2D eigenvalue weighted by Crippen LogP contribution is 2.40. The molecule has 3 aliphatic rings. The fraction of sp³-hybridized carbons (Fsp3) is 0.550. The molecule has 2 heterocycles. The fourth-order valence-corrected chi connectivity index (χ4v) is 3.67. The molecule has 2 saturated carbocycles. The van der Waals surface area contributed by atoms with Crippen LogP contribution in [0, 0.1) is 11.8 Å². The van der Waals surface area contributed by atoms with Gasteiger partial charge in [0.2, 0.25) is 0 Å². The molecule has 0 saturated heterocycles. The van der Waals surface area contributed by atoms with Crippen molar-refractivity contribution in [1.29, 1.82) is 0 Å². The van der Waals surface area contributed by atoms with E-state index in [2.05, 4.69) is 15.7 Å². The van der Waals surface area contributed by atoms with Crippen molar-refractivity contribution in [2.24, 2.45) is 11.8 Å². The number of halogens is 3. The minimum atomic E-state index is -4.06. The molecule has 0 unspecified atom stereocenters. The first kappa shape index (κ1) is 17.3. The van der Waals surface area contributed by atoms with Crippen LogP contribution in [0.25, 0.3) is 5.57 Å². The van der Waals surface area contributed by atoms with E-state index in [0.717, 1.165) is 16.8 Å². The van der Waals surface area contributed by atoms with E-state index in [0.29, 0.717) is 31.3 Å². The third kappa shape index (κ3) is 4.01. The Morgan fingerprint density at radius 3 is 2.58 bits per heavy atom. The number of alkyl halides is 3. The predicted molar refractivity (Wildman–Crippen MR) is 94.8 cm³/mol. The minimum Gasteiger partial charge on any atom is -0.432 e. The van der Waals surface area contributed by atoms with Crippen LogP contribution >= 0.6 is 0 Å². The molecule has 2 fully saturated rings. The lowest BCUT2D eigenvalue weighted by atomic mass is 9.82. The van der Waals surface area contributed by atoms with Crippen molar-refractivity contribution in [3.63, 3.8) is 0 Å². The van der Waals surface area contributed by atoms with E-state index >= 15 is 0 Å². The van der Waals surface area contributed by atoms with Gasteiger partial charge in [0.15, 0.2) is 0 Å². The average molecular weight is 363 g/mol. The highest BCUT2D eigenvalue weighted by molar-refractivity contribution is 6.20. The predicted octanol–water partition coefficient (Wildman–Crippen LogP) is 4.28. The van der Waals surface area contributed by atoms with Gasteiger partial charge in [-0.3, -0.25) is 4.98 Å². The topological polar surface area (TPSA) is 36.2 Å². The van der Waals surface area contributed by atoms with E-state index in [9.17, 15) is 13.2 Å². The van der Waals surface area contributed by atoms with Gasteiger partial charge in [0.1, 0.15) is 0 Å². The van der Waals surface area contributed by atoms with Gasteiger partial charge in [-0.05, 0) is 66.8 Å². The monoisotopic (exact) mass is 363 g/mol. The maximum atomic E-state index is 12.7. The molecule has 26 heavy (non-hydrogen) atoms. The second kappa shape index (κ2) is 6.92. The Hall–Kier alpha value is -2.07. The Labute approximate surface area is 150 Å². The number of allylic oxidation sites excluding steroid dienone is 1. The number of aromatic nitrogens is 1. The molecule has 0 radical (unpaired) electrons. The van der Waals surface area contributed by atoms with Gasteiger partial charge in [0.25, 0.3) is 0 Å². The van der Waals surface area contributed by atoms with Gasteiger partial charge >= 0.3 is 18.3 Å². The van der Waals surface area contributed by atoms with Crippen LogP contribution in [0.4, 0.5) is 13.2 Å². The van der Waals surface area contributed by atoms with Crippen LogP contribution in [0.2, 0.25) is 0 Å². The zero-order valence-corrected chi connectivity index (χ0v) is 14.5. The average Bonchev–Trinajstić information content (AvgIpc) is 3.38. The van der Waals surface area contributed by atoms with Crippen LogP contribution in [0.15, 0.2) is 24.4 Å². The van der Waals surface area contributed by atoms with Gasteiger partial charge in [0.05, 0.1) is 24.2 Å². The summed E-state index contributed by atoms with van der Waals surface area (Å²) in [4.78, 5) is 4.42. The maximum Gasteiger partial charge on any atom is 0.488 e. The first-order valence-electron chi connectivity index (χ1n) is 9.27. The van der Waals surface area contributed by atoms with Gasteiger partial charge in [-0.15, -0.1) is 0 Å². The van der Waals surface area contributed by atoms with E-state index in [-0.39, 0.29) is 18.8 Å². The van der Waals surface area contributed by atoms with Crippen LogP contribution in [0.5, 0.6) is 0 Å². The fourth-order valence-electron chi connectivity index (χ4n) is 3.67. The lowest BCUT2D eigenvalue weighted by Gasteiger charge is -2.29. The molecule has 1 aromatic heterocycles. The molecular formula is C20H22F3N2O+. The molecule has 6 heteroatoms.